The van der Waals surface area contributed by atoms with E-state index in [-0.39, 0.29) is 5.41 Å². The maximum Gasteiger partial charge on any atom is 0.0822 e. The largest absolute Gasteiger partial charge is 0.197 e. The highest BCUT2D eigenvalue weighted by molar-refractivity contribution is 5.64. The van der Waals surface area contributed by atoms with Crippen LogP contribution < -0.4 is 0 Å². The third-order valence-electron chi connectivity index (χ3n) is 6.66. The van der Waals surface area contributed by atoms with E-state index < -0.39 is 0 Å². The Morgan fingerprint density at radius 1 is 0.857 bits per heavy atom. The van der Waals surface area contributed by atoms with Crippen LogP contribution in [-0.4, -0.2) is 0 Å². The predicted octanol–water partition coefficient (Wildman–Crippen LogP) is 7.84. The molecule has 1 heteroatoms. The van der Waals surface area contributed by atoms with Gasteiger partial charge in [-0.05, 0) is 66.7 Å². The Morgan fingerprint density at radius 3 is 2.00 bits per heavy atom. The molecule has 1 aliphatic rings. The third-order valence-corrected chi connectivity index (χ3v) is 6.66. The van der Waals surface area contributed by atoms with E-state index in [0.29, 0.717) is 0 Å². The van der Waals surface area contributed by atoms with Crippen molar-refractivity contribution < 1.29 is 0 Å². The number of hydrogen-bond donors (Lipinski definition) is 0. The van der Waals surface area contributed by atoms with E-state index in [1.807, 2.05) is 0 Å². The van der Waals surface area contributed by atoms with Crippen LogP contribution in [-0.2, 0) is 11.8 Å². The number of nitriles is 1. The van der Waals surface area contributed by atoms with E-state index in [0.717, 1.165) is 18.8 Å². The predicted molar refractivity (Wildman–Crippen MR) is 119 cm³/mol. The minimum atomic E-state index is -0.272. The van der Waals surface area contributed by atoms with Crippen LogP contribution in [0.25, 0.3) is 11.1 Å². The minimum absolute atomic E-state index is 0.272. The lowest BCUT2D eigenvalue weighted by molar-refractivity contribution is 0.265. The molecule has 148 valence electrons. The third kappa shape index (κ3) is 4.85. The van der Waals surface area contributed by atoms with Crippen LogP contribution in [0.3, 0.4) is 0 Å². The summed E-state index contributed by atoms with van der Waals surface area (Å²) in [6.45, 7) is 4.52. The van der Waals surface area contributed by atoms with E-state index >= 15 is 0 Å². The number of aryl methyl sites for hydroxylation is 1. The zero-order valence-electron chi connectivity index (χ0n) is 17.7. The molecule has 0 N–H and O–H groups in total. The highest BCUT2D eigenvalue weighted by atomic mass is 14.4. The smallest absolute Gasteiger partial charge is 0.0822 e. The average molecular weight is 374 g/mol. The molecule has 1 nitrogen and oxygen atoms in total. The van der Waals surface area contributed by atoms with Crippen molar-refractivity contribution in [3.63, 3.8) is 0 Å². The van der Waals surface area contributed by atoms with Crippen LogP contribution in [0.4, 0.5) is 0 Å². The van der Waals surface area contributed by atoms with Crippen LogP contribution in [0, 0.1) is 17.2 Å². The number of benzene rings is 2. The highest BCUT2D eigenvalue weighted by Gasteiger charge is 2.36. The monoisotopic (exact) mass is 373 g/mol. The van der Waals surface area contributed by atoms with E-state index in [4.69, 9.17) is 0 Å². The summed E-state index contributed by atoms with van der Waals surface area (Å²) in [5.41, 5.74) is 4.89. The fourth-order valence-electron chi connectivity index (χ4n) is 4.76. The van der Waals surface area contributed by atoms with Crippen LogP contribution in [0.2, 0.25) is 0 Å². The van der Waals surface area contributed by atoms with E-state index in [2.05, 4.69) is 68.4 Å². The normalized spacial score (nSPS) is 22.0. The van der Waals surface area contributed by atoms with Gasteiger partial charge in [-0.3, -0.25) is 0 Å². The zero-order valence-corrected chi connectivity index (χ0v) is 17.7. The van der Waals surface area contributed by atoms with Gasteiger partial charge in [-0.1, -0.05) is 88.1 Å². The van der Waals surface area contributed by atoms with Crippen molar-refractivity contribution in [2.45, 2.75) is 83.5 Å². The van der Waals surface area contributed by atoms with Crippen molar-refractivity contribution >= 4 is 0 Å². The highest BCUT2D eigenvalue weighted by Crippen LogP contribution is 2.42. The first-order valence-electron chi connectivity index (χ1n) is 11.3. The fourth-order valence-corrected chi connectivity index (χ4v) is 4.76. The summed E-state index contributed by atoms with van der Waals surface area (Å²) < 4.78 is 0. The summed E-state index contributed by atoms with van der Waals surface area (Å²) in [4.78, 5) is 0. The molecule has 1 saturated carbocycles. The van der Waals surface area contributed by atoms with Crippen LogP contribution in [0.1, 0.15) is 82.8 Å². The lowest BCUT2D eigenvalue weighted by Gasteiger charge is -2.35. The Morgan fingerprint density at radius 2 is 1.46 bits per heavy atom. The summed E-state index contributed by atoms with van der Waals surface area (Å²) in [5, 5.41) is 9.97. The van der Waals surface area contributed by atoms with Gasteiger partial charge in [0.25, 0.3) is 0 Å². The standard InChI is InChI=1S/C27H35N/c1-3-5-6-8-23-9-11-24(12-10-23)25-13-15-26(16-14-25)27(21-28)19-17-22(7-4-2)18-20-27/h9-16,22H,3-8,17-20H2,1-2H3/t22-,27+. The Balaban J connectivity index is 1.68. The summed E-state index contributed by atoms with van der Waals surface area (Å²) >= 11 is 0. The van der Waals surface area contributed by atoms with Gasteiger partial charge in [0.05, 0.1) is 11.5 Å². The molecule has 0 heterocycles. The summed E-state index contributed by atoms with van der Waals surface area (Å²) in [5.74, 6) is 0.821. The molecule has 2 aromatic rings. The van der Waals surface area contributed by atoms with Crippen LogP contribution in [0.5, 0.6) is 0 Å². The first kappa shape index (κ1) is 20.7. The SMILES string of the molecule is CCCCCc1ccc(-c2ccc([C@]3(C#N)CC[C@H](CCC)CC3)cc2)cc1. The minimum Gasteiger partial charge on any atom is -0.197 e. The maximum absolute atomic E-state index is 9.97. The Bertz CT molecular complexity index is 755. The van der Waals surface area contributed by atoms with Gasteiger partial charge in [0.15, 0.2) is 0 Å². The van der Waals surface area contributed by atoms with Gasteiger partial charge in [0.2, 0.25) is 0 Å². The molecule has 0 aromatic heterocycles. The first-order chi connectivity index (χ1) is 13.7. The molecule has 28 heavy (non-hydrogen) atoms. The second kappa shape index (κ2) is 9.92. The molecular formula is C27H35N. The molecule has 0 atom stereocenters. The van der Waals surface area contributed by atoms with Gasteiger partial charge in [-0.2, -0.15) is 5.26 Å². The second-order valence-corrected chi connectivity index (χ2v) is 8.66. The van der Waals surface area contributed by atoms with Crippen molar-refractivity contribution in [2.75, 3.05) is 0 Å². The molecule has 2 aromatic carbocycles. The number of unbranched alkanes of at least 4 members (excludes halogenated alkanes) is 2. The van der Waals surface area contributed by atoms with E-state index in [1.165, 1.54) is 73.6 Å². The Hall–Kier alpha value is -2.07. The van der Waals surface area contributed by atoms with Crippen molar-refractivity contribution in [3.8, 4) is 17.2 Å². The maximum atomic E-state index is 9.97. The number of rotatable bonds is 8. The van der Waals surface area contributed by atoms with Crippen molar-refractivity contribution in [1.82, 2.24) is 0 Å². The molecule has 0 aliphatic heterocycles. The number of hydrogen-bond acceptors (Lipinski definition) is 1. The Labute approximate surface area is 171 Å². The summed E-state index contributed by atoms with van der Waals surface area (Å²) in [6.07, 6.45) is 12.0. The van der Waals surface area contributed by atoms with Gasteiger partial charge >= 0.3 is 0 Å². The first-order valence-corrected chi connectivity index (χ1v) is 11.3. The van der Waals surface area contributed by atoms with E-state index in [1.54, 1.807) is 0 Å². The van der Waals surface area contributed by atoms with Crippen LogP contribution >= 0.6 is 0 Å². The second-order valence-electron chi connectivity index (χ2n) is 8.66. The molecule has 0 saturated heterocycles. The van der Waals surface area contributed by atoms with Crippen LogP contribution in [0.15, 0.2) is 48.5 Å². The molecular weight excluding hydrogens is 338 g/mol. The molecule has 0 bridgehead atoms. The molecule has 3 rings (SSSR count). The fraction of sp³-hybridized carbons (Fsp3) is 0.519. The van der Waals surface area contributed by atoms with Crippen molar-refractivity contribution in [1.29, 1.82) is 5.26 Å². The van der Waals surface area contributed by atoms with Gasteiger partial charge in [0.1, 0.15) is 0 Å². The van der Waals surface area contributed by atoms with Gasteiger partial charge in [-0.25, -0.2) is 0 Å². The summed E-state index contributed by atoms with van der Waals surface area (Å²) in [7, 11) is 0. The van der Waals surface area contributed by atoms with Gasteiger partial charge in [-0.15, -0.1) is 0 Å². The zero-order chi connectivity index (χ0) is 19.8. The molecule has 0 unspecified atom stereocenters. The number of nitrogens with zero attached hydrogens (tertiary/aromatic N) is 1. The Kier molecular flexibility index (Phi) is 7.32. The van der Waals surface area contributed by atoms with Gasteiger partial charge in [0, 0.05) is 0 Å². The molecule has 0 amide bonds. The van der Waals surface area contributed by atoms with Crippen molar-refractivity contribution in [3.05, 3.63) is 59.7 Å². The quantitative estimate of drug-likeness (QED) is 0.432. The van der Waals surface area contributed by atoms with Gasteiger partial charge < -0.3 is 0 Å². The lowest BCUT2D eigenvalue weighted by atomic mass is 9.67. The lowest BCUT2D eigenvalue weighted by Crippen LogP contribution is -2.30. The topological polar surface area (TPSA) is 23.8 Å². The molecule has 1 aliphatic carbocycles. The molecule has 1 fully saturated rings. The molecule has 0 spiro atoms. The van der Waals surface area contributed by atoms with Crippen molar-refractivity contribution in [2.24, 2.45) is 5.92 Å². The molecule has 0 radical (unpaired) electrons. The summed E-state index contributed by atoms with van der Waals surface area (Å²) in [6, 6.07) is 20.5. The van der Waals surface area contributed by atoms with E-state index in [9.17, 15) is 5.26 Å². The average Bonchev–Trinajstić information content (AvgIpc) is 2.76.